The molecule has 1 aliphatic carbocycles. The summed E-state index contributed by atoms with van der Waals surface area (Å²) >= 11 is 0. The second kappa shape index (κ2) is 21.8. The Balaban J connectivity index is 0.835. The van der Waals surface area contributed by atoms with Gasteiger partial charge in [-0.1, -0.05) is 58.1 Å². The van der Waals surface area contributed by atoms with Crippen LogP contribution in [0.5, 0.6) is 17.2 Å². The van der Waals surface area contributed by atoms with Crippen molar-refractivity contribution in [2.75, 3.05) is 42.8 Å². The van der Waals surface area contributed by atoms with Crippen LogP contribution < -0.4 is 35.6 Å². The van der Waals surface area contributed by atoms with E-state index >= 15 is 0 Å². The first-order chi connectivity index (χ1) is 32.3. The number of carbonyl (C=O) groups excluding carboxylic acids is 4. The number of rotatable bonds is 21. The molecule has 0 unspecified atom stereocenters. The Morgan fingerprint density at radius 1 is 0.836 bits per heavy atom. The van der Waals surface area contributed by atoms with E-state index in [0.717, 1.165) is 105 Å². The van der Waals surface area contributed by atoms with Crippen molar-refractivity contribution in [1.29, 1.82) is 0 Å². The number of nitrogens with one attached hydrogen (secondary N) is 4. The van der Waals surface area contributed by atoms with Gasteiger partial charge in [0.25, 0.3) is 0 Å². The molecule has 3 aromatic carbocycles. The maximum Gasteiger partial charge on any atom is 0.242 e. The van der Waals surface area contributed by atoms with Crippen molar-refractivity contribution in [3.63, 3.8) is 0 Å². The van der Waals surface area contributed by atoms with Crippen molar-refractivity contribution in [1.82, 2.24) is 30.6 Å². The van der Waals surface area contributed by atoms with Gasteiger partial charge in [-0.05, 0) is 117 Å². The molecule has 15 nitrogen and oxygen atoms in total. The Hall–Kier alpha value is -6.58. The smallest absolute Gasteiger partial charge is 0.242 e. The third kappa shape index (κ3) is 12.5. The highest BCUT2D eigenvalue weighted by molar-refractivity contribution is 6.17. The van der Waals surface area contributed by atoms with Crippen LogP contribution in [0.15, 0.2) is 79.1 Å². The van der Waals surface area contributed by atoms with Crippen LogP contribution in [0.3, 0.4) is 0 Å². The molecular weight excluding hydrogens is 854 g/mol. The van der Waals surface area contributed by atoms with Crippen LogP contribution in [0.4, 0.5) is 21.5 Å². The number of piperidine rings is 1. The zero-order valence-corrected chi connectivity index (χ0v) is 39.3. The molecule has 5 aromatic rings. The number of carbonyl (C=O) groups is 4. The zero-order valence-electron chi connectivity index (χ0n) is 39.3. The molecule has 1 saturated heterocycles. The van der Waals surface area contributed by atoms with E-state index in [4.69, 9.17) is 9.47 Å². The van der Waals surface area contributed by atoms with E-state index in [9.17, 15) is 23.6 Å². The fraction of sp³-hybridized carbons (Fsp3) is 0.471. The van der Waals surface area contributed by atoms with Gasteiger partial charge in [-0.25, -0.2) is 9.07 Å². The van der Waals surface area contributed by atoms with Crippen LogP contribution in [0.25, 0.3) is 10.9 Å². The molecule has 2 aliphatic rings. The maximum absolute atomic E-state index is 13.3. The van der Waals surface area contributed by atoms with Gasteiger partial charge >= 0.3 is 0 Å². The molecule has 1 saturated carbocycles. The van der Waals surface area contributed by atoms with Crippen molar-refractivity contribution < 1.29 is 33.0 Å². The van der Waals surface area contributed by atoms with Gasteiger partial charge in [-0.3, -0.25) is 24.2 Å². The fourth-order valence-electron chi connectivity index (χ4n) is 8.59. The standard InChI is InChI=1S/C51H64FN9O6/c1-50(2,3)46(47(63)53-4)57-45(62)14-12-10-8-6-7-9-11-13-37-33-61(59-58-37)38-24-29-60(30-25-38)42-32-41-40(31-44(42)66-5)43(23-28-54-41)67-39-21-19-36(20-22-39)56-49(65)51(26-27-51)48(64)55-35-17-15-34(52)16-18-35/h15-23,28,31-33,38,46H,6-14,24-27,29-30H2,1-5H3,(H,53,63)(H,55,64)(H,56,65)(H,57,62)/t46-/m1/s1. The summed E-state index contributed by atoms with van der Waals surface area (Å²) in [7, 11) is 3.26. The first kappa shape index (κ1) is 48.4. The highest BCUT2D eigenvalue weighted by atomic mass is 19.1. The Bertz CT molecular complexity index is 2490. The number of hydrogen-bond donors (Lipinski definition) is 4. The number of benzene rings is 3. The molecule has 3 heterocycles. The predicted molar refractivity (Wildman–Crippen MR) is 257 cm³/mol. The monoisotopic (exact) mass is 917 g/mol. The minimum Gasteiger partial charge on any atom is -0.495 e. The van der Waals surface area contributed by atoms with Gasteiger partial charge < -0.3 is 35.6 Å². The molecule has 4 N–H and O–H groups in total. The molecule has 1 atom stereocenters. The summed E-state index contributed by atoms with van der Waals surface area (Å²) in [6.07, 6.45) is 15.2. The summed E-state index contributed by atoms with van der Waals surface area (Å²) in [6.45, 7) is 7.49. The van der Waals surface area contributed by atoms with Crippen molar-refractivity contribution in [3.8, 4) is 17.2 Å². The largest absolute Gasteiger partial charge is 0.495 e. The molecule has 16 heteroatoms. The van der Waals surface area contributed by atoms with Crippen molar-refractivity contribution in [3.05, 3.63) is 90.6 Å². The average Bonchev–Trinajstić information content (AvgIpc) is 4.02. The topological polar surface area (TPSA) is 182 Å². The molecule has 356 valence electrons. The van der Waals surface area contributed by atoms with E-state index in [-0.39, 0.29) is 23.3 Å². The minimum atomic E-state index is -1.17. The van der Waals surface area contributed by atoms with Gasteiger partial charge in [0.1, 0.15) is 34.5 Å². The quantitative estimate of drug-likeness (QED) is 0.0410. The Labute approximate surface area is 392 Å². The number of aromatic nitrogens is 4. The van der Waals surface area contributed by atoms with Gasteiger partial charge in [-0.15, -0.1) is 5.10 Å². The average molecular weight is 918 g/mol. The number of likely N-dealkylation sites (N-methyl/N-ethyl adjacent to an activating group) is 1. The van der Waals surface area contributed by atoms with E-state index in [0.29, 0.717) is 42.1 Å². The van der Waals surface area contributed by atoms with Crippen LogP contribution in [-0.4, -0.2) is 76.9 Å². The molecule has 2 aromatic heterocycles. The Morgan fingerprint density at radius 2 is 1.46 bits per heavy atom. The molecule has 0 spiro atoms. The number of hydrogen-bond acceptors (Lipinski definition) is 10. The number of methoxy groups -OCH3 is 1. The van der Waals surface area contributed by atoms with E-state index in [1.165, 1.54) is 24.3 Å². The number of nitrogens with zero attached hydrogens (tertiary/aromatic N) is 5. The van der Waals surface area contributed by atoms with Gasteiger partial charge in [0.05, 0.1) is 30.0 Å². The van der Waals surface area contributed by atoms with Crippen molar-refractivity contribution >= 4 is 51.6 Å². The number of ether oxygens (including phenoxy) is 2. The number of aryl methyl sites for hydroxylation is 1. The second-order valence-corrected chi connectivity index (χ2v) is 18.8. The van der Waals surface area contributed by atoms with Crippen molar-refractivity contribution in [2.45, 2.75) is 116 Å². The van der Waals surface area contributed by atoms with Gasteiger partial charge in [0, 0.05) is 55.7 Å². The summed E-state index contributed by atoms with van der Waals surface area (Å²) < 4.78 is 27.6. The normalized spacial score (nSPS) is 15.1. The third-order valence-corrected chi connectivity index (χ3v) is 12.8. The van der Waals surface area contributed by atoms with E-state index in [1.807, 2.05) is 37.6 Å². The van der Waals surface area contributed by atoms with Gasteiger partial charge in [0.15, 0.2) is 0 Å². The molecular formula is C51H64FN9O6. The van der Waals surface area contributed by atoms with E-state index in [1.54, 1.807) is 50.7 Å². The fourth-order valence-corrected chi connectivity index (χ4v) is 8.59. The van der Waals surface area contributed by atoms with Gasteiger partial charge in [-0.2, -0.15) is 0 Å². The Kier molecular flexibility index (Phi) is 15.7. The second-order valence-electron chi connectivity index (χ2n) is 18.8. The molecule has 1 aliphatic heterocycles. The number of amides is 4. The SMILES string of the molecule is CNC(=O)[C@@H](NC(=O)CCCCCCCCCc1cn(C2CCN(c3cc4nccc(Oc5ccc(NC(=O)C6(C(=O)Nc7ccc(F)cc7)CC6)cc5)c4cc3OC)CC2)nn1)C(C)(C)C. The molecule has 7 rings (SSSR count). The lowest BCUT2D eigenvalue weighted by molar-refractivity contribution is -0.131. The molecule has 67 heavy (non-hydrogen) atoms. The van der Waals surface area contributed by atoms with Crippen LogP contribution >= 0.6 is 0 Å². The molecule has 2 fully saturated rings. The lowest BCUT2D eigenvalue weighted by Gasteiger charge is -2.34. The Morgan fingerprint density at radius 3 is 2.07 bits per heavy atom. The van der Waals surface area contributed by atoms with E-state index in [2.05, 4.69) is 47.7 Å². The number of fused-ring (bicyclic) bond motifs is 1. The maximum atomic E-state index is 13.3. The van der Waals surface area contributed by atoms with Crippen molar-refractivity contribution in [2.24, 2.45) is 10.8 Å². The summed E-state index contributed by atoms with van der Waals surface area (Å²) in [6, 6.07) is 17.9. The lowest BCUT2D eigenvalue weighted by atomic mass is 9.86. The minimum absolute atomic E-state index is 0.0692. The first-order valence-electron chi connectivity index (χ1n) is 23.6. The number of pyridine rings is 1. The highest BCUT2D eigenvalue weighted by Gasteiger charge is 2.56. The summed E-state index contributed by atoms with van der Waals surface area (Å²) in [5, 5.41) is 21.0. The van der Waals surface area contributed by atoms with Crippen LogP contribution in [0, 0.1) is 16.6 Å². The highest BCUT2D eigenvalue weighted by Crippen LogP contribution is 2.48. The summed E-state index contributed by atoms with van der Waals surface area (Å²) in [4.78, 5) is 57.9. The van der Waals surface area contributed by atoms with Gasteiger partial charge in [0.2, 0.25) is 23.6 Å². The summed E-state index contributed by atoms with van der Waals surface area (Å²) in [5.74, 6) is 0.430. The predicted octanol–water partition coefficient (Wildman–Crippen LogP) is 8.91. The number of anilines is 3. The number of unbranched alkanes of at least 4 members (excludes halogenated alkanes) is 6. The third-order valence-electron chi connectivity index (χ3n) is 12.8. The van der Waals surface area contributed by atoms with Crippen LogP contribution in [-0.2, 0) is 25.6 Å². The molecule has 4 amide bonds. The van der Waals surface area contributed by atoms with Crippen LogP contribution in [0.2, 0.25) is 0 Å². The number of halogens is 1. The zero-order chi connectivity index (χ0) is 47.6. The van der Waals surface area contributed by atoms with Crippen LogP contribution in [0.1, 0.15) is 110 Å². The molecule has 0 bridgehead atoms. The first-order valence-corrected chi connectivity index (χ1v) is 23.6. The summed E-state index contributed by atoms with van der Waals surface area (Å²) in [5.41, 5.74) is 2.20. The molecule has 0 radical (unpaired) electrons. The lowest BCUT2D eigenvalue weighted by Crippen LogP contribution is -2.52. The van der Waals surface area contributed by atoms with E-state index < -0.39 is 29.1 Å².